The van der Waals surface area contributed by atoms with Gasteiger partial charge < -0.3 is 15.0 Å². The van der Waals surface area contributed by atoms with Crippen LogP contribution in [0.2, 0.25) is 0 Å². The van der Waals surface area contributed by atoms with E-state index < -0.39 is 17.8 Å². The summed E-state index contributed by atoms with van der Waals surface area (Å²) >= 11 is 1.35. The predicted octanol–water partition coefficient (Wildman–Crippen LogP) is 4.67. The molecule has 2 heterocycles. The minimum Gasteiger partial charge on any atom is -0.463 e. The molecule has 33 heavy (non-hydrogen) atoms. The number of rotatable bonds is 7. The molecule has 2 aliphatic heterocycles. The first-order chi connectivity index (χ1) is 16.0. The lowest BCUT2D eigenvalue weighted by Gasteiger charge is -2.36. The van der Waals surface area contributed by atoms with Crippen LogP contribution in [0.4, 0.5) is 4.39 Å². The Kier molecular flexibility index (Phi) is 6.93. The third-order valence-corrected chi connectivity index (χ3v) is 6.26. The fourth-order valence-corrected chi connectivity index (χ4v) is 4.82. The number of esters is 1. The molecule has 0 radical (unpaired) electrons. The standard InChI is InChI=1S/C25H24FN3O3S/c1-3-32-24(31)22-16(2)28-25-29(23(22)19-11-7-8-12-20(19)26)18(15-33-25)13-21(30)27-14-17-9-5-4-6-10-17/h4-12,15,23H,3,13-14H2,1-2H3,(H,27,30)/t23-/m1/s1. The summed E-state index contributed by atoms with van der Waals surface area (Å²) < 4.78 is 20.2. The van der Waals surface area contributed by atoms with Crippen LogP contribution < -0.4 is 5.32 Å². The van der Waals surface area contributed by atoms with Crippen molar-refractivity contribution < 1.29 is 18.7 Å². The average Bonchev–Trinajstić information content (AvgIpc) is 3.20. The van der Waals surface area contributed by atoms with E-state index in [1.165, 1.54) is 17.8 Å². The van der Waals surface area contributed by atoms with Crippen molar-refractivity contribution in [1.82, 2.24) is 10.2 Å². The van der Waals surface area contributed by atoms with Crippen LogP contribution in [-0.2, 0) is 20.9 Å². The van der Waals surface area contributed by atoms with Crippen molar-refractivity contribution >= 4 is 28.8 Å². The maximum atomic E-state index is 14.9. The van der Waals surface area contributed by atoms with Crippen LogP contribution in [0, 0.1) is 5.82 Å². The Morgan fingerprint density at radius 2 is 1.88 bits per heavy atom. The van der Waals surface area contributed by atoms with Crippen molar-refractivity contribution in [3.05, 3.63) is 93.9 Å². The lowest BCUT2D eigenvalue weighted by molar-refractivity contribution is -0.139. The lowest BCUT2D eigenvalue weighted by Crippen LogP contribution is -2.38. The fraction of sp³-hybridized carbons (Fsp3) is 0.240. The number of hydrogen-bond donors (Lipinski definition) is 1. The average molecular weight is 466 g/mol. The maximum absolute atomic E-state index is 14.9. The summed E-state index contributed by atoms with van der Waals surface area (Å²) in [6, 6.07) is 15.2. The third-order valence-electron chi connectivity index (χ3n) is 5.37. The minimum atomic E-state index is -0.777. The van der Waals surface area contributed by atoms with Crippen LogP contribution in [-0.4, -0.2) is 28.6 Å². The van der Waals surface area contributed by atoms with Gasteiger partial charge in [0.1, 0.15) is 5.82 Å². The zero-order valence-electron chi connectivity index (χ0n) is 18.4. The Morgan fingerprint density at radius 3 is 2.61 bits per heavy atom. The normalized spacial score (nSPS) is 17.3. The second kappa shape index (κ2) is 10.0. The number of thioether (sulfide) groups is 1. The van der Waals surface area contributed by atoms with Gasteiger partial charge in [-0.05, 0) is 30.9 Å². The molecule has 0 fully saturated rings. The number of aliphatic imine (C=N–C) groups is 1. The zero-order valence-corrected chi connectivity index (χ0v) is 19.2. The third kappa shape index (κ3) is 4.85. The van der Waals surface area contributed by atoms with Gasteiger partial charge >= 0.3 is 5.97 Å². The van der Waals surface area contributed by atoms with E-state index in [1.54, 1.807) is 36.9 Å². The van der Waals surface area contributed by atoms with Crippen LogP contribution in [0.15, 0.2) is 82.0 Å². The van der Waals surface area contributed by atoms with Gasteiger partial charge in [0, 0.05) is 17.8 Å². The summed E-state index contributed by atoms with van der Waals surface area (Å²) in [6.07, 6.45) is 0.0684. The van der Waals surface area contributed by atoms with Crippen molar-refractivity contribution in [2.75, 3.05) is 6.61 Å². The number of fused-ring (bicyclic) bond motifs is 1. The quantitative estimate of drug-likeness (QED) is 0.602. The van der Waals surface area contributed by atoms with Crippen molar-refractivity contribution in [3.63, 3.8) is 0 Å². The van der Waals surface area contributed by atoms with Crippen molar-refractivity contribution in [3.8, 4) is 0 Å². The van der Waals surface area contributed by atoms with Crippen LogP contribution in [0.5, 0.6) is 0 Å². The van der Waals surface area contributed by atoms with E-state index in [4.69, 9.17) is 4.74 Å². The van der Waals surface area contributed by atoms with E-state index in [1.807, 2.05) is 35.7 Å². The summed E-state index contributed by atoms with van der Waals surface area (Å²) in [5, 5.41) is 5.34. The molecule has 2 aromatic carbocycles. The fourth-order valence-electron chi connectivity index (χ4n) is 3.85. The van der Waals surface area contributed by atoms with Gasteiger partial charge in [0.05, 0.1) is 30.3 Å². The predicted molar refractivity (Wildman–Crippen MR) is 126 cm³/mol. The van der Waals surface area contributed by atoms with Crippen molar-refractivity contribution in [2.45, 2.75) is 32.9 Å². The second-order valence-corrected chi connectivity index (χ2v) is 8.41. The summed E-state index contributed by atoms with van der Waals surface area (Å²) in [5.41, 5.74) is 2.71. The first kappa shape index (κ1) is 22.8. The summed E-state index contributed by atoms with van der Waals surface area (Å²) in [5.74, 6) is -1.16. The van der Waals surface area contributed by atoms with Crippen LogP contribution in [0.25, 0.3) is 0 Å². The molecule has 1 atom stereocenters. The molecule has 8 heteroatoms. The maximum Gasteiger partial charge on any atom is 0.338 e. The van der Waals surface area contributed by atoms with Gasteiger partial charge in [0.15, 0.2) is 5.17 Å². The molecule has 2 aliphatic rings. The highest BCUT2D eigenvalue weighted by Gasteiger charge is 2.42. The number of nitrogens with zero attached hydrogens (tertiary/aromatic N) is 2. The molecule has 0 bridgehead atoms. The van der Waals surface area contributed by atoms with E-state index >= 15 is 0 Å². The number of amidine groups is 1. The van der Waals surface area contributed by atoms with Crippen LogP contribution in [0.3, 0.4) is 0 Å². The molecular formula is C25H24FN3O3S. The molecule has 0 saturated heterocycles. The number of nitrogens with one attached hydrogen (secondary N) is 1. The molecule has 1 amide bonds. The molecule has 0 unspecified atom stereocenters. The van der Waals surface area contributed by atoms with E-state index in [0.717, 1.165) is 5.56 Å². The van der Waals surface area contributed by atoms with Gasteiger partial charge in [0.25, 0.3) is 0 Å². The topological polar surface area (TPSA) is 71.0 Å². The monoisotopic (exact) mass is 465 g/mol. The SMILES string of the molecule is CCOC(=O)C1=C(C)N=C2SC=C(CC(=O)NCc3ccccc3)N2[C@@H]1c1ccccc1F. The molecule has 4 rings (SSSR count). The van der Waals surface area contributed by atoms with Gasteiger partial charge in [-0.3, -0.25) is 4.79 Å². The highest BCUT2D eigenvalue weighted by atomic mass is 32.2. The molecule has 0 aliphatic carbocycles. The van der Waals surface area contributed by atoms with Gasteiger partial charge in [-0.25, -0.2) is 14.2 Å². The Morgan fingerprint density at radius 1 is 1.15 bits per heavy atom. The summed E-state index contributed by atoms with van der Waals surface area (Å²) in [7, 11) is 0. The van der Waals surface area contributed by atoms with E-state index in [2.05, 4.69) is 10.3 Å². The second-order valence-electron chi connectivity index (χ2n) is 7.57. The number of ether oxygens (including phenoxy) is 1. The Hall–Kier alpha value is -3.39. The van der Waals surface area contributed by atoms with Gasteiger partial charge in [-0.15, -0.1) is 0 Å². The highest BCUT2D eigenvalue weighted by molar-refractivity contribution is 8.16. The van der Waals surface area contributed by atoms with E-state index in [9.17, 15) is 14.0 Å². The molecule has 0 aromatic heterocycles. The zero-order chi connectivity index (χ0) is 23.4. The number of carbonyl (C=O) groups excluding carboxylic acids is 2. The number of benzene rings is 2. The lowest BCUT2D eigenvalue weighted by atomic mass is 9.93. The molecule has 0 spiro atoms. The Labute approximate surface area is 196 Å². The number of hydrogen-bond acceptors (Lipinski definition) is 6. The molecular weight excluding hydrogens is 441 g/mol. The number of amides is 1. The van der Waals surface area contributed by atoms with Gasteiger partial charge in [-0.1, -0.05) is 60.3 Å². The van der Waals surface area contributed by atoms with E-state index in [-0.39, 0.29) is 24.5 Å². The summed E-state index contributed by atoms with van der Waals surface area (Å²) in [6.45, 7) is 4.04. The molecule has 1 N–H and O–H groups in total. The molecule has 170 valence electrons. The number of allylic oxidation sites excluding steroid dienone is 1. The number of carbonyl (C=O) groups is 2. The van der Waals surface area contributed by atoms with Gasteiger partial charge in [-0.2, -0.15) is 0 Å². The molecule has 2 aromatic rings. The first-order valence-electron chi connectivity index (χ1n) is 10.7. The Bertz CT molecular complexity index is 1160. The summed E-state index contributed by atoms with van der Waals surface area (Å²) in [4.78, 5) is 31.9. The van der Waals surface area contributed by atoms with Crippen LogP contribution >= 0.6 is 11.8 Å². The smallest absolute Gasteiger partial charge is 0.338 e. The molecule has 6 nitrogen and oxygen atoms in total. The van der Waals surface area contributed by atoms with Crippen LogP contribution in [0.1, 0.15) is 37.4 Å². The molecule has 0 saturated carbocycles. The van der Waals surface area contributed by atoms with Gasteiger partial charge in [0.2, 0.25) is 5.91 Å². The Balaban J connectivity index is 1.62. The van der Waals surface area contributed by atoms with E-state index in [0.29, 0.717) is 28.7 Å². The van der Waals surface area contributed by atoms with Crippen molar-refractivity contribution in [1.29, 1.82) is 0 Å². The first-order valence-corrected chi connectivity index (χ1v) is 11.5. The highest BCUT2D eigenvalue weighted by Crippen LogP contribution is 2.45. The van der Waals surface area contributed by atoms with Crippen molar-refractivity contribution in [2.24, 2.45) is 4.99 Å². The largest absolute Gasteiger partial charge is 0.463 e. The minimum absolute atomic E-state index is 0.0684. The number of halogens is 1.